The maximum absolute atomic E-state index is 11.7. The summed E-state index contributed by atoms with van der Waals surface area (Å²) in [5, 5.41) is 10.5. The van der Waals surface area contributed by atoms with Gasteiger partial charge in [0.15, 0.2) is 15.8 Å². The van der Waals surface area contributed by atoms with Gasteiger partial charge in [-0.05, 0) is 57.7 Å². The Hall–Kier alpha value is -2.35. The van der Waals surface area contributed by atoms with Crippen molar-refractivity contribution in [2.75, 3.05) is 19.3 Å². The Morgan fingerprint density at radius 2 is 1.96 bits per heavy atom. The van der Waals surface area contributed by atoms with Crippen molar-refractivity contribution < 1.29 is 12.9 Å². The number of benzene rings is 1. The van der Waals surface area contributed by atoms with Gasteiger partial charge in [0, 0.05) is 24.9 Å². The van der Waals surface area contributed by atoms with Gasteiger partial charge < -0.3 is 15.2 Å². The van der Waals surface area contributed by atoms with Gasteiger partial charge in [0.25, 0.3) is 0 Å². The predicted molar refractivity (Wildman–Crippen MR) is 111 cm³/mol. The first-order chi connectivity index (χ1) is 13.2. The highest BCUT2D eigenvalue weighted by Gasteiger charge is 2.11. The van der Waals surface area contributed by atoms with E-state index in [2.05, 4.69) is 20.8 Å². The normalized spacial score (nSPS) is 12.2. The summed E-state index contributed by atoms with van der Waals surface area (Å²) in [7, 11) is -3.20. The van der Waals surface area contributed by atoms with Gasteiger partial charge in [-0.25, -0.2) is 13.4 Å². The third-order valence-electron chi connectivity index (χ3n) is 4.48. The second-order valence-electron chi connectivity index (χ2n) is 6.90. The Balaban J connectivity index is 1.94. The van der Waals surface area contributed by atoms with E-state index in [0.717, 1.165) is 54.5 Å². The molecule has 0 radical (unpaired) electrons. The lowest BCUT2D eigenvalue weighted by molar-refractivity contribution is 0.392. The zero-order valence-corrected chi connectivity index (χ0v) is 18.1. The summed E-state index contributed by atoms with van der Waals surface area (Å²) in [5.74, 6) is 1.62. The van der Waals surface area contributed by atoms with E-state index in [1.165, 1.54) is 11.8 Å². The molecular weight excluding hydrogens is 376 g/mol. The highest BCUT2D eigenvalue weighted by atomic mass is 32.2. The van der Waals surface area contributed by atoms with Gasteiger partial charge in [-0.3, -0.25) is 0 Å². The van der Waals surface area contributed by atoms with Gasteiger partial charge in [-0.15, -0.1) is 0 Å². The lowest BCUT2D eigenvalue weighted by Gasteiger charge is -2.12. The van der Waals surface area contributed by atoms with E-state index in [4.69, 9.17) is 4.52 Å². The second kappa shape index (κ2) is 9.73. The van der Waals surface area contributed by atoms with Gasteiger partial charge >= 0.3 is 0 Å². The van der Waals surface area contributed by atoms with Gasteiger partial charge in [-0.1, -0.05) is 17.3 Å². The molecule has 2 aromatic rings. The fourth-order valence-electron chi connectivity index (χ4n) is 3.07. The van der Waals surface area contributed by atoms with Crippen LogP contribution in [0, 0.1) is 20.8 Å². The van der Waals surface area contributed by atoms with Crippen molar-refractivity contribution in [2.24, 2.45) is 4.99 Å². The molecule has 0 saturated heterocycles. The minimum Gasteiger partial charge on any atom is -0.361 e. The van der Waals surface area contributed by atoms with Crippen molar-refractivity contribution in [3.8, 4) is 0 Å². The van der Waals surface area contributed by atoms with Crippen molar-refractivity contribution in [1.82, 2.24) is 15.8 Å². The topological polar surface area (TPSA) is 96.6 Å². The summed E-state index contributed by atoms with van der Waals surface area (Å²) in [5.41, 5.74) is 3.83. The molecule has 0 atom stereocenters. The average Bonchev–Trinajstić information content (AvgIpc) is 2.93. The third kappa shape index (κ3) is 6.09. The smallest absolute Gasteiger partial charge is 0.191 e. The number of nitrogens with zero attached hydrogens (tertiary/aromatic N) is 2. The van der Waals surface area contributed by atoms with Gasteiger partial charge in [-0.2, -0.15) is 0 Å². The standard InChI is InChI=1S/C20H30N4O3S/c1-6-21-20(22-11-7-8-18-15(3)24-27-16(18)4)23-13-17-9-10-19(14(2)12-17)28(5,25)26/h9-10,12H,6-8,11,13H2,1-5H3,(H2,21,22,23). The Bertz CT molecular complexity index is 913. The van der Waals surface area contributed by atoms with Crippen LogP contribution in [0.5, 0.6) is 0 Å². The molecule has 154 valence electrons. The first-order valence-electron chi connectivity index (χ1n) is 9.46. The van der Waals surface area contributed by atoms with E-state index >= 15 is 0 Å². The molecule has 2 N–H and O–H groups in total. The monoisotopic (exact) mass is 406 g/mol. The Morgan fingerprint density at radius 3 is 2.54 bits per heavy atom. The molecule has 0 fully saturated rings. The minimum absolute atomic E-state index is 0.365. The van der Waals surface area contributed by atoms with Gasteiger partial charge in [0.1, 0.15) is 5.76 Å². The number of aryl methyl sites for hydroxylation is 3. The highest BCUT2D eigenvalue weighted by Crippen LogP contribution is 2.17. The van der Waals surface area contributed by atoms with Crippen LogP contribution in [0.1, 0.15) is 41.5 Å². The van der Waals surface area contributed by atoms with Crippen molar-refractivity contribution in [3.63, 3.8) is 0 Å². The van der Waals surface area contributed by atoms with Crippen LogP contribution in [-0.2, 0) is 22.8 Å². The SMILES string of the molecule is CCNC(=NCc1ccc(S(C)(=O)=O)c(C)c1)NCCCc1c(C)noc1C. The molecule has 2 rings (SSSR count). The number of rotatable bonds is 8. The first kappa shape index (κ1) is 21.9. The first-order valence-corrected chi connectivity index (χ1v) is 11.3. The maximum atomic E-state index is 11.7. The summed E-state index contributed by atoms with van der Waals surface area (Å²) >= 11 is 0. The molecule has 0 aliphatic carbocycles. The maximum Gasteiger partial charge on any atom is 0.191 e. The largest absolute Gasteiger partial charge is 0.361 e. The lowest BCUT2D eigenvalue weighted by Crippen LogP contribution is -2.37. The number of guanidine groups is 1. The molecule has 0 unspecified atom stereocenters. The van der Waals surface area contributed by atoms with Gasteiger partial charge in [0.05, 0.1) is 17.1 Å². The number of nitrogens with one attached hydrogen (secondary N) is 2. The Labute approximate surface area is 167 Å². The van der Waals surface area contributed by atoms with E-state index in [-0.39, 0.29) is 0 Å². The molecule has 0 aliphatic heterocycles. The zero-order valence-electron chi connectivity index (χ0n) is 17.3. The molecule has 28 heavy (non-hydrogen) atoms. The van der Waals surface area contributed by atoms with E-state index in [1.54, 1.807) is 6.07 Å². The summed E-state index contributed by atoms with van der Waals surface area (Å²) in [6.07, 6.45) is 3.07. The lowest BCUT2D eigenvalue weighted by atomic mass is 10.1. The number of hydrogen-bond donors (Lipinski definition) is 2. The number of sulfone groups is 1. The fourth-order valence-corrected chi connectivity index (χ4v) is 4.03. The van der Waals surface area contributed by atoms with E-state index in [1.807, 2.05) is 39.8 Å². The molecule has 0 saturated carbocycles. The molecule has 1 aromatic carbocycles. The number of aromatic nitrogens is 1. The van der Waals surface area contributed by atoms with Gasteiger partial charge in [0.2, 0.25) is 0 Å². The summed E-state index contributed by atoms with van der Waals surface area (Å²) in [4.78, 5) is 4.97. The molecule has 0 bridgehead atoms. The molecule has 0 amide bonds. The molecule has 1 aromatic heterocycles. The van der Waals surface area contributed by atoms with E-state index in [9.17, 15) is 8.42 Å². The van der Waals surface area contributed by atoms with Crippen molar-refractivity contribution in [2.45, 2.75) is 52.0 Å². The Morgan fingerprint density at radius 1 is 1.21 bits per heavy atom. The fraction of sp³-hybridized carbons (Fsp3) is 0.500. The van der Waals surface area contributed by atoms with Crippen LogP contribution in [-0.4, -0.2) is 38.9 Å². The average molecular weight is 407 g/mol. The zero-order chi connectivity index (χ0) is 20.7. The highest BCUT2D eigenvalue weighted by molar-refractivity contribution is 7.90. The van der Waals surface area contributed by atoms with Crippen LogP contribution in [0.4, 0.5) is 0 Å². The summed E-state index contributed by atoms with van der Waals surface area (Å²) in [6, 6.07) is 5.34. The molecular formula is C20H30N4O3S. The van der Waals surface area contributed by atoms with Crippen LogP contribution in [0.2, 0.25) is 0 Å². The van der Waals surface area contributed by atoms with Crippen LogP contribution in [0.3, 0.4) is 0 Å². The minimum atomic E-state index is -3.20. The predicted octanol–water partition coefficient (Wildman–Crippen LogP) is 2.69. The molecule has 0 aliphatic rings. The second-order valence-corrected chi connectivity index (χ2v) is 8.88. The van der Waals surface area contributed by atoms with Crippen LogP contribution in [0.25, 0.3) is 0 Å². The third-order valence-corrected chi connectivity index (χ3v) is 5.74. The van der Waals surface area contributed by atoms with Crippen LogP contribution >= 0.6 is 0 Å². The van der Waals surface area contributed by atoms with Crippen molar-refractivity contribution in [1.29, 1.82) is 0 Å². The van der Waals surface area contributed by atoms with Crippen molar-refractivity contribution >= 4 is 15.8 Å². The van der Waals surface area contributed by atoms with E-state index < -0.39 is 9.84 Å². The summed E-state index contributed by atoms with van der Waals surface area (Å²) in [6.45, 7) is 9.74. The molecule has 8 heteroatoms. The molecule has 0 spiro atoms. The Kier molecular flexibility index (Phi) is 7.62. The van der Waals surface area contributed by atoms with Crippen LogP contribution < -0.4 is 10.6 Å². The summed E-state index contributed by atoms with van der Waals surface area (Å²) < 4.78 is 28.7. The number of hydrogen-bond acceptors (Lipinski definition) is 5. The number of aliphatic imine (C=N–C) groups is 1. The van der Waals surface area contributed by atoms with E-state index in [0.29, 0.717) is 11.4 Å². The molecule has 1 heterocycles. The quantitative estimate of drug-likeness (QED) is 0.397. The molecule has 7 nitrogen and oxygen atoms in total. The van der Waals surface area contributed by atoms with Crippen LogP contribution in [0.15, 0.2) is 32.6 Å². The van der Waals surface area contributed by atoms with Crippen molar-refractivity contribution in [3.05, 3.63) is 46.3 Å².